The molecule has 8 heteroatoms. The summed E-state index contributed by atoms with van der Waals surface area (Å²) in [7, 11) is 0. The van der Waals surface area contributed by atoms with Crippen LogP contribution in [-0.4, -0.2) is 40.5 Å². The lowest BCUT2D eigenvalue weighted by Crippen LogP contribution is -2.44. The van der Waals surface area contributed by atoms with Gasteiger partial charge in [-0.05, 0) is 51.0 Å². The Kier molecular flexibility index (Phi) is 8.58. The number of hydrogen-bond donors (Lipinski definition) is 1. The first-order chi connectivity index (χ1) is 14.8. The zero-order chi connectivity index (χ0) is 22.5. The van der Waals surface area contributed by atoms with E-state index in [4.69, 9.17) is 9.72 Å². The van der Waals surface area contributed by atoms with Crippen LogP contribution in [0.25, 0.3) is 10.2 Å². The van der Waals surface area contributed by atoms with Gasteiger partial charge in [-0.3, -0.25) is 14.2 Å². The number of fused-ring (bicyclic) bond motifs is 1. The van der Waals surface area contributed by atoms with E-state index in [9.17, 15) is 9.59 Å². The van der Waals surface area contributed by atoms with Crippen LogP contribution in [0, 0.1) is 25.7 Å². The maximum absolute atomic E-state index is 13.3. The number of rotatable bonds is 9. The molecule has 0 aliphatic heterocycles. The molecule has 172 valence electrons. The molecule has 0 bridgehead atoms. The van der Waals surface area contributed by atoms with Gasteiger partial charge in [-0.25, -0.2) is 4.98 Å². The molecule has 2 aromatic heterocycles. The molecule has 1 aliphatic carbocycles. The molecular formula is C23H35N3O3S2. The number of thiophene rings is 1. The van der Waals surface area contributed by atoms with Crippen LogP contribution in [0.5, 0.6) is 0 Å². The second kappa shape index (κ2) is 11.0. The fourth-order valence-electron chi connectivity index (χ4n) is 4.25. The molecule has 2 aromatic rings. The van der Waals surface area contributed by atoms with E-state index < -0.39 is 0 Å². The van der Waals surface area contributed by atoms with Crippen molar-refractivity contribution in [3.8, 4) is 0 Å². The summed E-state index contributed by atoms with van der Waals surface area (Å²) in [6.07, 6.45) is 4.18. The van der Waals surface area contributed by atoms with Gasteiger partial charge in [0.05, 0.1) is 11.1 Å². The molecular weight excluding hydrogens is 430 g/mol. The quantitative estimate of drug-likeness (QED) is 0.334. The Morgan fingerprint density at radius 2 is 2.10 bits per heavy atom. The summed E-state index contributed by atoms with van der Waals surface area (Å²) in [5, 5.41) is 4.55. The van der Waals surface area contributed by atoms with Crippen LogP contribution in [0.3, 0.4) is 0 Å². The minimum absolute atomic E-state index is 0.0130. The third-order valence-electron chi connectivity index (χ3n) is 6.51. The van der Waals surface area contributed by atoms with E-state index in [0.29, 0.717) is 42.1 Å². The Balaban J connectivity index is 1.76. The van der Waals surface area contributed by atoms with Crippen LogP contribution in [0.1, 0.15) is 56.9 Å². The van der Waals surface area contributed by atoms with Gasteiger partial charge in [0.15, 0.2) is 5.16 Å². The van der Waals surface area contributed by atoms with E-state index in [1.165, 1.54) is 18.2 Å². The summed E-state index contributed by atoms with van der Waals surface area (Å²) in [6.45, 7) is 12.3. The fourth-order valence-corrected chi connectivity index (χ4v) is 6.16. The molecule has 0 radical (unpaired) electrons. The number of aromatic nitrogens is 2. The van der Waals surface area contributed by atoms with Crippen molar-refractivity contribution in [1.29, 1.82) is 0 Å². The van der Waals surface area contributed by atoms with Crippen LogP contribution in [0.15, 0.2) is 9.95 Å². The lowest BCUT2D eigenvalue weighted by molar-refractivity contribution is -0.120. The van der Waals surface area contributed by atoms with Crippen molar-refractivity contribution < 1.29 is 9.53 Å². The van der Waals surface area contributed by atoms with Gasteiger partial charge in [0.1, 0.15) is 4.83 Å². The minimum atomic E-state index is -0.0130. The summed E-state index contributed by atoms with van der Waals surface area (Å²) in [5.41, 5.74) is 0.992. The van der Waals surface area contributed by atoms with E-state index in [2.05, 4.69) is 19.2 Å². The molecule has 1 N–H and O–H groups in total. The third kappa shape index (κ3) is 5.71. The number of carbonyl (C=O) groups excluding carboxylic acids is 1. The van der Waals surface area contributed by atoms with Crippen molar-refractivity contribution in [2.75, 3.05) is 19.0 Å². The van der Waals surface area contributed by atoms with Gasteiger partial charge in [-0.2, -0.15) is 0 Å². The highest BCUT2D eigenvalue weighted by Gasteiger charge is 2.28. The Morgan fingerprint density at radius 3 is 2.84 bits per heavy atom. The van der Waals surface area contributed by atoms with E-state index in [1.54, 1.807) is 15.9 Å². The van der Waals surface area contributed by atoms with Crippen LogP contribution in [-0.2, 0) is 16.1 Å². The topological polar surface area (TPSA) is 73.2 Å². The van der Waals surface area contributed by atoms with Gasteiger partial charge in [0, 0.05) is 30.7 Å². The molecule has 0 spiro atoms. The standard InChI is InChI=1S/C23H35N3O3S2/c1-6-29-12-8-11-26-22(28)20-16(4)17(5)31-21(20)25-23(26)30-13-19(27)24-18-10-7-9-14(2)15(18)3/h14-15,18H,6-13H2,1-5H3,(H,24,27). The monoisotopic (exact) mass is 465 g/mol. The number of carbonyl (C=O) groups is 1. The average Bonchev–Trinajstić information content (AvgIpc) is 3.02. The predicted octanol–water partition coefficient (Wildman–Crippen LogP) is 4.53. The van der Waals surface area contributed by atoms with Gasteiger partial charge in [0.2, 0.25) is 5.91 Å². The van der Waals surface area contributed by atoms with Crippen molar-refractivity contribution in [2.45, 2.75) is 78.0 Å². The predicted molar refractivity (Wildman–Crippen MR) is 129 cm³/mol. The van der Waals surface area contributed by atoms with E-state index >= 15 is 0 Å². The first-order valence-corrected chi connectivity index (χ1v) is 13.1. The average molecular weight is 466 g/mol. The number of nitrogens with one attached hydrogen (secondary N) is 1. The molecule has 2 heterocycles. The first-order valence-electron chi connectivity index (χ1n) is 11.3. The van der Waals surface area contributed by atoms with Crippen molar-refractivity contribution in [2.24, 2.45) is 11.8 Å². The zero-order valence-electron chi connectivity index (χ0n) is 19.3. The Hall–Kier alpha value is -1.38. The van der Waals surface area contributed by atoms with Crippen molar-refractivity contribution in [3.63, 3.8) is 0 Å². The van der Waals surface area contributed by atoms with E-state index in [-0.39, 0.29) is 23.3 Å². The molecule has 3 unspecified atom stereocenters. The number of hydrogen-bond acceptors (Lipinski definition) is 6. The second-order valence-electron chi connectivity index (χ2n) is 8.60. The Morgan fingerprint density at radius 1 is 1.32 bits per heavy atom. The summed E-state index contributed by atoms with van der Waals surface area (Å²) in [4.78, 5) is 32.6. The SMILES string of the molecule is CCOCCCn1c(SCC(=O)NC2CCCC(C)C2C)nc2sc(C)c(C)c2c1=O. The molecule has 31 heavy (non-hydrogen) atoms. The van der Waals surface area contributed by atoms with E-state index in [1.807, 2.05) is 20.8 Å². The second-order valence-corrected chi connectivity index (χ2v) is 10.7. The van der Waals surface area contributed by atoms with Crippen LogP contribution in [0.4, 0.5) is 0 Å². The number of aryl methyl sites for hydroxylation is 2. The van der Waals surface area contributed by atoms with Crippen LogP contribution < -0.4 is 10.9 Å². The van der Waals surface area contributed by atoms with Gasteiger partial charge in [-0.15, -0.1) is 11.3 Å². The largest absolute Gasteiger partial charge is 0.382 e. The lowest BCUT2D eigenvalue weighted by Gasteiger charge is -2.34. The summed E-state index contributed by atoms with van der Waals surface area (Å²) in [5.74, 6) is 1.41. The number of amides is 1. The van der Waals surface area contributed by atoms with Crippen LogP contribution >= 0.6 is 23.1 Å². The maximum Gasteiger partial charge on any atom is 0.263 e. The molecule has 0 saturated heterocycles. The fraction of sp³-hybridized carbons (Fsp3) is 0.696. The van der Waals surface area contributed by atoms with Crippen molar-refractivity contribution in [3.05, 3.63) is 20.8 Å². The highest BCUT2D eigenvalue weighted by molar-refractivity contribution is 7.99. The molecule has 0 aromatic carbocycles. The van der Waals surface area contributed by atoms with Gasteiger partial charge >= 0.3 is 0 Å². The summed E-state index contributed by atoms with van der Waals surface area (Å²) in [6, 6.07) is 0.239. The molecule has 3 rings (SSSR count). The van der Waals surface area contributed by atoms with Gasteiger partial charge < -0.3 is 10.1 Å². The summed E-state index contributed by atoms with van der Waals surface area (Å²) < 4.78 is 7.17. The third-order valence-corrected chi connectivity index (χ3v) is 8.59. The highest BCUT2D eigenvalue weighted by Crippen LogP contribution is 2.30. The number of nitrogens with zero attached hydrogens (tertiary/aromatic N) is 2. The molecule has 1 saturated carbocycles. The van der Waals surface area contributed by atoms with Crippen LogP contribution in [0.2, 0.25) is 0 Å². The van der Waals surface area contributed by atoms with E-state index in [0.717, 1.165) is 34.5 Å². The highest BCUT2D eigenvalue weighted by atomic mass is 32.2. The Labute approximate surface area is 193 Å². The minimum Gasteiger partial charge on any atom is -0.382 e. The number of ether oxygens (including phenoxy) is 1. The molecule has 6 nitrogen and oxygen atoms in total. The lowest BCUT2D eigenvalue weighted by atomic mass is 9.78. The smallest absolute Gasteiger partial charge is 0.263 e. The van der Waals surface area contributed by atoms with Gasteiger partial charge in [0.25, 0.3) is 5.56 Å². The van der Waals surface area contributed by atoms with Crippen molar-refractivity contribution in [1.82, 2.24) is 14.9 Å². The molecule has 3 atom stereocenters. The normalized spacial score (nSPS) is 21.5. The Bertz CT molecular complexity index is 969. The maximum atomic E-state index is 13.3. The number of thioether (sulfide) groups is 1. The first kappa shape index (κ1) is 24.3. The summed E-state index contributed by atoms with van der Waals surface area (Å²) >= 11 is 2.91. The molecule has 1 amide bonds. The molecule has 1 aliphatic rings. The zero-order valence-corrected chi connectivity index (χ0v) is 21.0. The van der Waals surface area contributed by atoms with Crippen molar-refractivity contribution >= 4 is 39.2 Å². The van der Waals surface area contributed by atoms with Gasteiger partial charge in [-0.1, -0.05) is 38.5 Å². The molecule has 1 fully saturated rings.